The Labute approximate surface area is 105 Å². The average Bonchev–Trinajstić information content (AvgIpc) is 3.03. The fraction of sp³-hybridized carbons (Fsp3) is 0.600. The molecule has 3 unspecified atom stereocenters. The van der Waals surface area contributed by atoms with Crippen molar-refractivity contribution in [2.24, 2.45) is 11.8 Å². The smallest absolute Gasteiger partial charge is 0.0412 e. The Morgan fingerprint density at radius 1 is 1.41 bits per heavy atom. The van der Waals surface area contributed by atoms with E-state index in [1.165, 1.54) is 24.2 Å². The molecule has 1 aliphatic carbocycles. The summed E-state index contributed by atoms with van der Waals surface area (Å²) in [7, 11) is 4.23. The lowest BCUT2D eigenvalue weighted by Crippen LogP contribution is -2.24. The molecule has 0 radical (unpaired) electrons. The standard InChI is InChI=1S/C15H24N2/c1-11-9-13(11)10-17(4)15-8-6-5-7-14(15)12(2)16-3/h5-8,11-13,16H,9-10H2,1-4H3. The van der Waals surface area contributed by atoms with Crippen LogP contribution in [0.4, 0.5) is 5.69 Å². The summed E-state index contributed by atoms with van der Waals surface area (Å²) in [5, 5.41) is 3.33. The van der Waals surface area contributed by atoms with Gasteiger partial charge in [-0.1, -0.05) is 25.1 Å². The summed E-state index contributed by atoms with van der Waals surface area (Å²) in [6, 6.07) is 9.12. The van der Waals surface area contributed by atoms with E-state index >= 15 is 0 Å². The fourth-order valence-electron chi connectivity index (χ4n) is 2.46. The Hall–Kier alpha value is -1.02. The van der Waals surface area contributed by atoms with Crippen LogP contribution in [0.15, 0.2) is 24.3 Å². The average molecular weight is 232 g/mol. The van der Waals surface area contributed by atoms with Crippen LogP contribution in [0, 0.1) is 11.8 Å². The van der Waals surface area contributed by atoms with E-state index in [4.69, 9.17) is 0 Å². The third kappa shape index (κ3) is 2.81. The van der Waals surface area contributed by atoms with Gasteiger partial charge < -0.3 is 10.2 Å². The summed E-state index contributed by atoms with van der Waals surface area (Å²) in [5.41, 5.74) is 2.76. The van der Waals surface area contributed by atoms with Gasteiger partial charge in [0.25, 0.3) is 0 Å². The Kier molecular flexibility index (Phi) is 3.72. The molecule has 0 heterocycles. The zero-order valence-electron chi connectivity index (χ0n) is 11.4. The first-order valence-electron chi connectivity index (χ1n) is 6.60. The van der Waals surface area contributed by atoms with Gasteiger partial charge in [-0.05, 0) is 43.9 Å². The van der Waals surface area contributed by atoms with Crippen molar-refractivity contribution in [1.29, 1.82) is 0 Å². The summed E-state index contributed by atoms with van der Waals surface area (Å²) in [5.74, 6) is 1.82. The predicted octanol–water partition coefficient (Wildman–Crippen LogP) is 3.06. The topological polar surface area (TPSA) is 15.3 Å². The van der Waals surface area contributed by atoms with E-state index in [0.29, 0.717) is 6.04 Å². The van der Waals surface area contributed by atoms with E-state index < -0.39 is 0 Å². The first kappa shape index (κ1) is 12.4. The maximum Gasteiger partial charge on any atom is 0.0412 e. The maximum absolute atomic E-state index is 3.33. The molecular formula is C15H24N2. The molecule has 1 aromatic carbocycles. The van der Waals surface area contributed by atoms with E-state index in [1.807, 2.05) is 7.05 Å². The molecule has 3 atom stereocenters. The number of hydrogen-bond donors (Lipinski definition) is 1. The van der Waals surface area contributed by atoms with Crippen molar-refractivity contribution in [3.05, 3.63) is 29.8 Å². The molecule has 0 bridgehead atoms. The minimum Gasteiger partial charge on any atom is -0.374 e. The lowest BCUT2D eigenvalue weighted by atomic mass is 10.1. The minimum atomic E-state index is 0.408. The summed E-state index contributed by atoms with van der Waals surface area (Å²) in [6.07, 6.45) is 1.40. The normalized spacial score (nSPS) is 24.5. The van der Waals surface area contributed by atoms with Crippen LogP contribution in [0.1, 0.15) is 31.9 Å². The molecule has 2 heteroatoms. The van der Waals surface area contributed by atoms with Crippen molar-refractivity contribution in [2.45, 2.75) is 26.3 Å². The molecule has 2 rings (SSSR count). The SMILES string of the molecule is CNC(C)c1ccccc1N(C)CC1CC1C. The molecule has 2 nitrogen and oxygen atoms in total. The number of hydrogen-bond acceptors (Lipinski definition) is 2. The van der Waals surface area contributed by atoms with E-state index in [0.717, 1.165) is 11.8 Å². The number of rotatable bonds is 5. The summed E-state index contributed by atoms with van der Waals surface area (Å²) >= 11 is 0. The molecule has 1 aliphatic rings. The van der Waals surface area contributed by atoms with E-state index in [1.54, 1.807) is 0 Å². The molecule has 0 saturated heterocycles. The molecular weight excluding hydrogens is 208 g/mol. The van der Waals surface area contributed by atoms with Gasteiger partial charge in [-0.3, -0.25) is 0 Å². The quantitative estimate of drug-likeness (QED) is 0.839. The van der Waals surface area contributed by atoms with Crippen LogP contribution in [-0.2, 0) is 0 Å². The number of nitrogens with zero attached hydrogens (tertiary/aromatic N) is 1. The van der Waals surface area contributed by atoms with Crippen LogP contribution >= 0.6 is 0 Å². The lowest BCUT2D eigenvalue weighted by Gasteiger charge is -2.25. The molecule has 94 valence electrons. The molecule has 0 aromatic heterocycles. The van der Waals surface area contributed by atoms with Gasteiger partial charge in [0.05, 0.1) is 0 Å². The molecule has 0 amide bonds. The van der Waals surface area contributed by atoms with E-state index in [9.17, 15) is 0 Å². The third-order valence-corrected chi connectivity index (χ3v) is 4.03. The zero-order valence-corrected chi connectivity index (χ0v) is 11.4. The highest BCUT2D eigenvalue weighted by Gasteiger charge is 2.33. The van der Waals surface area contributed by atoms with Crippen LogP contribution in [0.2, 0.25) is 0 Å². The molecule has 1 aromatic rings. The van der Waals surface area contributed by atoms with Gasteiger partial charge in [0, 0.05) is 25.3 Å². The second kappa shape index (κ2) is 5.09. The number of benzene rings is 1. The van der Waals surface area contributed by atoms with Crippen molar-refractivity contribution in [2.75, 3.05) is 25.5 Å². The van der Waals surface area contributed by atoms with E-state index in [-0.39, 0.29) is 0 Å². The van der Waals surface area contributed by atoms with E-state index in [2.05, 4.69) is 55.4 Å². The first-order valence-corrected chi connectivity index (χ1v) is 6.60. The van der Waals surface area contributed by atoms with Crippen molar-refractivity contribution >= 4 is 5.69 Å². The van der Waals surface area contributed by atoms with Crippen LogP contribution in [0.5, 0.6) is 0 Å². The van der Waals surface area contributed by atoms with Gasteiger partial charge in [-0.25, -0.2) is 0 Å². The monoisotopic (exact) mass is 232 g/mol. The van der Waals surface area contributed by atoms with Gasteiger partial charge in [-0.15, -0.1) is 0 Å². The Bertz CT molecular complexity index is 375. The second-order valence-corrected chi connectivity index (χ2v) is 5.42. The molecule has 1 N–H and O–H groups in total. The highest BCUT2D eigenvalue weighted by Crippen LogP contribution is 2.39. The Morgan fingerprint density at radius 3 is 2.65 bits per heavy atom. The molecule has 17 heavy (non-hydrogen) atoms. The van der Waals surface area contributed by atoms with Crippen molar-refractivity contribution in [3.8, 4) is 0 Å². The summed E-state index contributed by atoms with van der Waals surface area (Å²) < 4.78 is 0. The van der Waals surface area contributed by atoms with Gasteiger partial charge in [-0.2, -0.15) is 0 Å². The fourth-order valence-corrected chi connectivity index (χ4v) is 2.46. The minimum absolute atomic E-state index is 0.408. The van der Waals surface area contributed by atoms with Crippen molar-refractivity contribution in [1.82, 2.24) is 5.32 Å². The first-order chi connectivity index (χ1) is 8.13. The van der Waals surface area contributed by atoms with Gasteiger partial charge in [0.15, 0.2) is 0 Å². The largest absolute Gasteiger partial charge is 0.374 e. The maximum atomic E-state index is 3.33. The van der Waals surface area contributed by atoms with Crippen molar-refractivity contribution < 1.29 is 0 Å². The highest BCUT2D eigenvalue weighted by molar-refractivity contribution is 5.54. The highest BCUT2D eigenvalue weighted by atomic mass is 15.1. The van der Waals surface area contributed by atoms with Crippen LogP contribution in [-0.4, -0.2) is 20.6 Å². The summed E-state index contributed by atoms with van der Waals surface area (Å²) in [4.78, 5) is 2.41. The van der Waals surface area contributed by atoms with Gasteiger partial charge in [0.2, 0.25) is 0 Å². The van der Waals surface area contributed by atoms with Crippen LogP contribution in [0.25, 0.3) is 0 Å². The summed E-state index contributed by atoms with van der Waals surface area (Å²) in [6.45, 7) is 5.75. The number of para-hydroxylation sites is 1. The lowest BCUT2D eigenvalue weighted by molar-refractivity contribution is 0.645. The Balaban J connectivity index is 2.12. The molecule has 1 fully saturated rings. The Morgan fingerprint density at radius 2 is 2.06 bits per heavy atom. The molecule has 1 saturated carbocycles. The number of anilines is 1. The van der Waals surface area contributed by atoms with Gasteiger partial charge >= 0.3 is 0 Å². The predicted molar refractivity (Wildman–Crippen MR) is 74.5 cm³/mol. The third-order valence-electron chi connectivity index (χ3n) is 4.03. The molecule has 0 spiro atoms. The van der Waals surface area contributed by atoms with Crippen LogP contribution in [0.3, 0.4) is 0 Å². The second-order valence-electron chi connectivity index (χ2n) is 5.42. The van der Waals surface area contributed by atoms with Crippen molar-refractivity contribution in [3.63, 3.8) is 0 Å². The number of nitrogens with one attached hydrogen (secondary N) is 1. The zero-order chi connectivity index (χ0) is 12.4. The van der Waals surface area contributed by atoms with Gasteiger partial charge in [0.1, 0.15) is 0 Å². The molecule has 0 aliphatic heterocycles. The van der Waals surface area contributed by atoms with Crippen LogP contribution < -0.4 is 10.2 Å².